The van der Waals surface area contributed by atoms with Crippen LogP contribution in [0.3, 0.4) is 0 Å². The molecule has 0 radical (unpaired) electrons. The van der Waals surface area contributed by atoms with Crippen molar-refractivity contribution in [3.05, 3.63) is 40.8 Å². The first-order valence-corrected chi connectivity index (χ1v) is 10.2. The summed E-state index contributed by atoms with van der Waals surface area (Å²) in [4.78, 5) is 31.8. The van der Waals surface area contributed by atoms with Gasteiger partial charge in [0.15, 0.2) is 10.8 Å². The second-order valence-corrected chi connectivity index (χ2v) is 7.66. The SMILES string of the molecule is COc1ccc(-n2ncc3c(=O)[nH]c(SCC(=O)NC4CCCC4)nc32)cc1. The standard InChI is InChI=1S/C19H21N5O3S/c1-27-14-8-6-13(7-9-14)24-17-15(10-20-24)18(26)23-19(22-17)28-11-16(25)21-12-4-2-3-5-12/h6-10,12H,2-5,11H2,1H3,(H,21,25)(H,22,23,26). The molecule has 1 saturated carbocycles. The minimum Gasteiger partial charge on any atom is -0.497 e. The molecule has 0 atom stereocenters. The van der Waals surface area contributed by atoms with Gasteiger partial charge in [0.1, 0.15) is 11.1 Å². The number of carbonyl (C=O) groups excluding carboxylic acids is 1. The monoisotopic (exact) mass is 399 g/mol. The molecule has 4 rings (SSSR count). The maximum atomic E-state index is 12.4. The van der Waals surface area contributed by atoms with Crippen LogP contribution in [0.15, 0.2) is 40.4 Å². The van der Waals surface area contributed by atoms with E-state index in [2.05, 4.69) is 20.4 Å². The number of nitrogens with one attached hydrogen (secondary N) is 2. The number of methoxy groups -OCH3 is 1. The molecule has 2 heterocycles. The lowest BCUT2D eigenvalue weighted by Crippen LogP contribution is -2.33. The number of carbonyl (C=O) groups is 1. The first-order valence-electron chi connectivity index (χ1n) is 9.18. The van der Waals surface area contributed by atoms with Crippen LogP contribution in [0.2, 0.25) is 0 Å². The van der Waals surface area contributed by atoms with Gasteiger partial charge in [-0.25, -0.2) is 9.67 Å². The number of aromatic nitrogens is 4. The number of thioether (sulfide) groups is 1. The van der Waals surface area contributed by atoms with E-state index in [1.165, 1.54) is 30.8 Å². The molecule has 0 spiro atoms. The van der Waals surface area contributed by atoms with Crippen molar-refractivity contribution in [2.75, 3.05) is 12.9 Å². The predicted octanol–water partition coefficient (Wildman–Crippen LogP) is 2.27. The van der Waals surface area contributed by atoms with Gasteiger partial charge in [-0.2, -0.15) is 5.10 Å². The lowest BCUT2D eigenvalue weighted by molar-refractivity contribution is -0.119. The summed E-state index contributed by atoms with van der Waals surface area (Å²) in [7, 11) is 1.60. The van der Waals surface area contributed by atoms with Gasteiger partial charge in [-0.1, -0.05) is 24.6 Å². The fourth-order valence-corrected chi connectivity index (χ4v) is 4.02. The number of fused-ring (bicyclic) bond motifs is 1. The Morgan fingerprint density at radius 2 is 2.07 bits per heavy atom. The zero-order valence-corrected chi connectivity index (χ0v) is 16.3. The first-order chi connectivity index (χ1) is 13.6. The van der Waals surface area contributed by atoms with Crippen molar-refractivity contribution in [2.24, 2.45) is 0 Å². The third-order valence-corrected chi connectivity index (χ3v) is 5.67. The molecule has 0 bridgehead atoms. The van der Waals surface area contributed by atoms with E-state index < -0.39 is 0 Å². The van der Waals surface area contributed by atoms with Crippen LogP contribution >= 0.6 is 11.8 Å². The number of ether oxygens (including phenoxy) is 1. The Morgan fingerprint density at radius 1 is 1.32 bits per heavy atom. The van der Waals surface area contributed by atoms with E-state index in [1.54, 1.807) is 11.8 Å². The molecule has 0 aliphatic heterocycles. The van der Waals surface area contributed by atoms with E-state index >= 15 is 0 Å². The molecule has 146 valence electrons. The summed E-state index contributed by atoms with van der Waals surface area (Å²) < 4.78 is 6.78. The van der Waals surface area contributed by atoms with E-state index in [0.717, 1.165) is 24.3 Å². The maximum Gasteiger partial charge on any atom is 0.262 e. The highest BCUT2D eigenvalue weighted by atomic mass is 32.2. The Hall–Kier alpha value is -2.81. The van der Waals surface area contributed by atoms with Crippen molar-refractivity contribution >= 4 is 28.7 Å². The fraction of sp³-hybridized carbons (Fsp3) is 0.368. The van der Waals surface area contributed by atoms with Crippen LogP contribution in [0.1, 0.15) is 25.7 Å². The number of amides is 1. The van der Waals surface area contributed by atoms with Crippen LogP contribution in [0, 0.1) is 0 Å². The summed E-state index contributed by atoms with van der Waals surface area (Å²) in [6.45, 7) is 0. The molecule has 9 heteroatoms. The van der Waals surface area contributed by atoms with Crippen molar-refractivity contribution in [3.63, 3.8) is 0 Å². The van der Waals surface area contributed by atoms with Gasteiger partial charge in [-0.05, 0) is 37.1 Å². The Bertz CT molecular complexity index is 1040. The molecule has 3 aromatic rings. The van der Waals surface area contributed by atoms with Crippen molar-refractivity contribution in [1.82, 2.24) is 25.1 Å². The van der Waals surface area contributed by atoms with Crippen LogP contribution in [0.4, 0.5) is 0 Å². The zero-order chi connectivity index (χ0) is 19.5. The summed E-state index contributed by atoms with van der Waals surface area (Å²) in [5.74, 6) is 0.903. The number of rotatable bonds is 6. The normalized spacial score (nSPS) is 14.5. The molecule has 1 aliphatic rings. The highest BCUT2D eigenvalue weighted by molar-refractivity contribution is 7.99. The molecule has 1 aromatic carbocycles. The highest BCUT2D eigenvalue weighted by Gasteiger charge is 2.18. The van der Waals surface area contributed by atoms with Crippen LogP contribution < -0.4 is 15.6 Å². The second-order valence-electron chi connectivity index (χ2n) is 6.70. The second kappa shape index (κ2) is 8.05. The summed E-state index contributed by atoms with van der Waals surface area (Å²) >= 11 is 1.21. The minimum absolute atomic E-state index is 0.0386. The van der Waals surface area contributed by atoms with Crippen molar-refractivity contribution < 1.29 is 9.53 Å². The van der Waals surface area contributed by atoms with Gasteiger partial charge in [0.25, 0.3) is 5.56 Å². The van der Waals surface area contributed by atoms with Crippen LogP contribution in [-0.2, 0) is 4.79 Å². The van der Waals surface area contributed by atoms with Gasteiger partial charge in [0.2, 0.25) is 5.91 Å². The van der Waals surface area contributed by atoms with Crippen LogP contribution in [0.25, 0.3) is 16.7 Å². The summed E-state index contributed by atoms with van der Waals surface area (Å²) in [6, 6.07) is 7.60. The number of benzene rings is 1. The van der Waals surface area contributed by atoms with Gasteiger partial charge in [-0.3, -0.25) is 9.59 Å². The van der Waals surface area contributed by atoms with E-state index in [0.29, 0.717) is 16.2 Å². The molecular formula is C19H21N5O3S. The number of nitrogens with zero attached hydrogens (tertiary/aromatic N) is 3. The van der Waals surface area contributed by atoms with Crippen molar-refractivity contribution in [1.29, 1.82) is 0 Å². The zero-order valence-electron chi connectivity index (χ0n) is 15.5. The van der Waals surface area contributed by atoms with Gasteiger partial charge in [0, 0.05) is 6.04 Å². The highest BCUT2D eigenvalue weighted by Crippen LogP contribution is 2.21. The van der Waals surface area contributed by atoms with Gasteiger partial charge >= 0.3 is 0 Å². The van der Waals surface area contributed by atoms with Crippen molar-refractivity contribution in [2.45, 2.75) is 36.9 Å². The number of hydrogen-bond acceptors (Lipinski definition) is 6. The molecule has 8 nitrogen and oxygen atoms in total. The van der Waals surface area contributed by atoms with Gasteiger partial charge in [-0.15, -0.1) is 0 Å². The predicted molar refractivity (Wildman–Crippen MR) is 107 cm³/mol. The molecule has 1 aliphatic carbocycles. The third kappa shape index (κ3) is 3.89. The molecule has 0 unspecified atom stereocenters. The van der Waals surface area contributed by atoms with Gasteiger partial charge < -0.3 is 15.0 Å². The first kappa shape index (κ1) is 18.5. The molecule has 0 saturated heterocycles. The molecule has 28 heavy (non-hydrogen) atoms. The van der Waals surface area contributed by atoms with E-state index in [4.69, 9.17) is 4.74 Å². The maximum absolute atomic E-state index is 12.4. The average molecular weight is 399 g/mol. The van der Waals surface area contributed by atoms with Crippen LogP contribution in [-0.4, -0.2) is 44.6 Å². The number of aromatic amines is 1. The van der Waals surface area contributed by atoms with Crippen LogP contribution in [0.5, 0.6) is 5.75 Å². The summed E-state index contributed by atoms with van der Waals surface area (Å²) in [6.07, 6.45) is 5.90. The quantitative estimate of drug-likeness (QED) is 0.487. The Labute approximate surface area is 165 Å². The average Bonchev–Trinajstić information content (AvgIpc) is 3.36. The third-order valence-electron chi connectivity index (χ3n) is 4.79. The lowest BCUT2D eigenvalue weighted by atomic mass is 10.2. The molecule has 1 amide bonds. The topological polar surface area (TPSA) is 102 Å². The molecule has 2 N–H and O–H groups in total. The number of H-pyrrole nitrogens is 1. The van der Waals surface area contributed by atoms with E-state index in [9.17, 15) is 9.59 Å². The Kier molecular flexibility index (Phi) is 5.34. The molecular weight excluding hydrogens is 378 g/mol. The van der Waals surface area contributed by atoms with E-state index in [1.807, 2.05) is 24.3 Å². The minimum atomic E-state index is -0.275. The Morgan fingerprint density at radius 3 is 2.79 bits per heavy atom. The molecule has 1 fully saturated rings. The lowest BCUT2D eigenvalue weighted by Gasteiger charge is -2.11. The fourth-order valence-electron chi connectivity index (χ4n) is 3.35. The Balaban J connectivity index is 1.54. The van der Waals surface area contributed by atoms with Gasteiger partial charge in [0.05, 0.1) is 24.7 Å². The largest absolute Gasteiger partial charge is 0.497 e. The van der Waals surface area contributed by atoms with Crippen molar-refractivity contribution in [3.8, 4) is 11.4 Å². The van der Waals surface area contributed by atoms with E-state index in [-0.39, 0.29) is 23.3 Å². The summed E-state index contributed by atoms with van der Waals surface area (Å²) in [5.41, 5.74) is 0.944. The number of hydrogen-bond donors (Lipinski definition) is 2. The smallest absolute Gasteiger partial charge is 0.262 e. The molecule has 2 aromatic heterocycles. The summed E-state index contributed by atoms with van der Waals surface area (Å²) in [5, 5.41) is 8.12.